The lowest BCUT2D eigenvalue weighted by Gasteiger charge is -2.13. The van der Waals surface area contributed by atoms with Gasteiger partial charge in [0.2, 0.25) is 5.90 Å². The molecule has 0 aliphatic carbocycles. The Morgan fingerprint density at radius 2 is 2.00 bits per heavy atom. The first-order valence-corrected chi connectivity index (χ1v) is 5.18. The molecule has 0 saturated carbocycles. The minimum Gasteiger partial charge on any atom is -0.476 e. The Labute approximate surface area is 85.5 Å². The lowest BCUT2D eigenvalue weighted by Crippen LogP contribution is -2.20. The number of hydrogen-bond acceptors (Lipinski definition) is 3. The number of rotatable bonds is 1. The molecule has 0 aromatic carbocycles. The Morgan fingerprint density at radius 1 is 1.36 bits per heavy atom. The van der Waals surface area contributed by atoms with Crippen LogP contribution in [0, 0.1) is 5.41 Å². The Hall–Kier alpha value is -0.570. The van der Waals surface area contributed by atoms with Gasteiger partial charge in [-0.25, -0.2) is 4.99 Å². The second kappa shape index (κ2) is 2.72. The molecule has 0 radical (unpaired) electrons. The van der Waals surface area contributed by atoms with Crippen LogP contribution in [-0.2, 0) is 9.47 Å². The fraction of sp³-hybridized carbons (Fsp3) is 0.909. The molecule has 3 heteroatoms. The van der Waals surface area contributed by atoms with Crippen molar-refractivity contribution < 1.29 is 9.47 Å². The van der Waals surface area contributed by atoms with Crippen molar-refractivity contribution in [1.29, 1.82) is 0 Å². The van der Waals surface area contributed by atoms with Crippen LogP contribution in [0.2, 0.25) is 0 Å². The summed E-state index contributed by atoms with van der Waals surface area (Å²) >= 11 is 0. The molecule has 0 aromatic rings. The zero-order chi connectivity index (χ0) is 10.6. The van der Waals surface area contributed by atoms with Gasteiger partial charge in [-0.3, -0.25) is 0 Å². The van der Waals surface area contributed by atoms with E-state index in [-0.39, 0.29) is 23.2 Å². The second-order valence-electron chi connectivity index (χ2n) is 5.89. The van der Waals surface area contributed by atoms with E-state index in [4.69, 9.17) is 9.47 Å². The van der Waals surface area contributed by atoms with Crippen LogP contribution in [0.4, 0.5) is 0 Å². The summed E-state index contributed by atoms with van der Waals surface area (Å²) in [5, 5.41) is 0. The van der Waals surface area contributed by atoms with Gasteiger partial charge in [-0.1, -0.05) is 20.8 Å². The third kappa shape index (κ3) is 1.78. The summed E-state index contributed by atoms with van der Waals surface area (Å²) in [5.74, 6) is 0.801. The largest absolute Gasteiger partial charge is 0.476 e. The molecule has 2 aliphatic rings. The molecule has 0 bridgehead atoms. The van der Waals surface area contributed by atoms with Gasteiger partial charge >= 0.3 is 0 Å². The third-order valence-electron chi connectivity index (χ3n) is 2.57. The van der Waals surface area contributed by atoms with E-state index in [0.717, 1.165) is 5.90 Å². The average molecular weight is 197 g/mol. The molecule has 80 valence electrons. The summed E-state index contributed by atoms with van der Waals surface area (Å²) in [6.45, 7) is 11.4. The normalized spacial score (nSPS) is 35.1. The third-order valence-corrected chi connectivity index (χ3v) is 2.57. The maximum absolute atomic E-state index is 5.60. The van der Waals surface area contributed by atoms with Crippen LogP contribution >= 0.6 is 0 Å². The van der Waals surface area contributed by atoms with E-state index < -0.39 is 0 Å². The first kappa shape index (κ1) is 9.97. The van der Waals surface area contributed by atoms with Crippen molar-refractivity contribution in [3.8, 4) is 0 Å². The molecule has 0 aromatic heterocycles. The monoisotopic (exact) mass is 197 g/mol. The zero-order valence-corrected chi connectivity index (χ0v) is 9.63. The van der Waals surface area contributed by atoms with Gasteiger partial charge in [0.25, 0.3) is 0 Å². The number of hydrogen-bond donors (Lipinski definition) is 0. The SMILES string of the molecule is CC1(C)COC([C@@H]2O[C@H]2C(C)(C)C)=N1. The van der Waals surface area contributed by atoms with Crippen LogP contribution < -0.4 is 0 Å². The standard InChI is InChI=1S/C11H19NO2/c1-10(2,3)8-7(14-8)9-12-11(4,5)6-13-9/h7-8H,6H2,1-5H3/t7-,8-/m1/s1. The Bertz CT molecular complexity index is 276. The van der Waals surface area contributed by atoms with Crippen molar-refractivity contribution in [2.24, 2.45) is 10.4 Å². The van der Waals surface area contributed by atoms with Gasteiger partial charge in [0, 0.05) is 0 Å². The zero-order valence-electron chi connectivity index (χ0n) is 9.63. The van der Waals surface area contributed by atoms with Gasteiger partial charge in [-0.2, -0.15) is 0 Å². The van der Waals surface area contributed by atoms with Crippen molar-refractivity contribution >= 4 is 5.90 Å². The summed E-state index contributed by atoms with van der Waals surface area (Å²) in [6, 6.07) is 0. The first-order chi connectivity index (χ1) is 6.30. The van der Waals surface area contributed by atoms with Crippen molar-refractivity contribution in [3.63, 3.8) is 0 Å². The summed E-state index contributed by atoms with van der Waals surface area (Å²) in [4.78, 5) is 4.52. The highest BCUT2D eigenvalue weighted by Gasteiger charge is 2.53. The van der Waals surface area contributed by atoms with Gasteiger partial charge in [0.05, 0.1) is 11.6 Å². The fourth-order valence-electron chi connectivity index (χ4n) is 1.72. The molecule has 14 heavy (non-hydrogen) atoms. The molecule has 2 heterocycles. The topological polar surface area (TPSA) is 34.1 Å². The Morgan fingerprint density at radius 3 is 2.36 bits per heavy atom. The van der Waals surface area contributed by atoms with Crippen molar-refractivity contribution in [2.75, 3.05) is 6.61 Å². The van der Waals surface area contributed by atoms with E-state index in [1.54, 1.807) is 0 Å². The highest BCUT2D eigenvalue weighted by Crippen LogP contribution is 2.40. The van der Waals surface area contributed by atoms with Crippen molar-refractivity contribution in [2.45, 2.75) is 52.4 Å². The van der Waals surface area contributed by atoms with E-state index in [0.29, 0.717) is 6.61 Å². The first-order valence-electron chi connectivity index (χ1n) is 5.18. The molecule has 0 N–H and O–H groups in total. The lowest BCUT2D eigenvalue weighted by molar-refractivity contribution is 0.254. The maximum Gasteiger partial charge on any atom is 0.216 e. The number of nitrogens with zero attached hydrogens (tertiary/aromatic N) is 1. The van der Waals surface area contributed by atoms with Crippen LogP contribution in [0.1, 0.15) is 34.6 Å². The van der Waals surface area contributed by atoms with E-state index in [9.17, 15) is 0 Å². The molecule has 0 spiro atoms. The number of aliphatic imine (C=N–C) groups is 1. The van der Waals surface area contributed by atoms with Crippen LogP contribution in [-0.4, -0.2) is 30.3 Å². The fourth-order valence-corrected chi connectivity index (χ4v) is 1.72. The second-order valence-corrected chi connectivity index (χ2v) is 5.89. The molecule has 2 aliphatic heterocycles. The van der Waals surface area contributed by atoms with Crippen molar-refractivity contribution in [1.82, 2.24) is 0 Å². The van der Waals surface area contributed by atoms with Crippen LogP contribution in [0.15, 0.2) is 4.99 Å². The summed E-state index contributed by atoms with van der Waals surface area (Å²) in [5.41, 5.74) is 0.118. The van der Waals surface area contributed by atoms with E-state index >= 15 is 0 Å². The summed E-state index contributed by atoms with van der Waals surface area (Å²) in [7, 11) is 0. The molecule has 2 rings (SSSR count). The Balaban J connectivity index is 2.02. The molecule has 1 fully saturated rings. The molecule has 0 amide bonds. The van der Waals surface area contributed by atoms with E-state index in [2.05, 4.69) is 39.6 Å². The highest BCUT2D eigenvalue weighted by atomic mass is 16.6. The van der Waals surface area contributed by atoms with E-state index in [1.165, 1.54) is 0 Å². The number of ether oxygens (including phenoxy) is 2. The molecule has 2 atom stereocenters. The van der Waals surface area contributed by atoms with Crippen LogP contribution in [0.25, 0.3) is 0 Å². The molecular weight excluding hydrogens is 178 g/mol. The summed E-state index contributed by atoms with van der Waals surface area (Å²) < 4.78 is 11.1. The van der Waals surface area contributed by atoms with Gasteiger partial charge in [0.1, 0.15) is 6.61 Å². The van der Waals surface area contributed by atoms with Gasteiger partial charge in [-0.05, 0) is 19.3 Å². The van der Waals surface area contributed by atoms with Crippen molar-refractivity contribution in [3.05, 3.63) is 0 Å². The quantitative estimate of drug-likeness (QED) is 0.602. The minimum atomic E-state index is -0.0658. The maximum atomic E-state index is 5.60. The molecular formula is C11H19NO2. The minimum absolute atomic E-state index is 0.0658. The average Bonchev–Trinajstić information content (AvgIpc) is 2.70. The molecule has 0 unspecified atom stereocenters. The van der Waals surface area contributed by atoms with Crippen LogP contribution in [0.3, 0.4) is 0 Å². The molecule has 1 saturated heterocycles. The smallest absolute Gasteiger partial charge is 0.216 e. The Kier molecular flexibility index (Phi) is 1.94. The summed E-state index contributed by atoms with van der Waals surface area (Å²) in [6.07, 6.45) is 0.381. The van der Waals surface area contributed by atoms with Crippen LogP contribution in [0.5, 0.6) is 0 Å². The van der Waals surface area contributed by atoms with Gasteiger partial charge < -0.3 is 9.47 Å². The van der Waals surface area contributed by atoms with E-state index in [1.807, 2.05) is 0 Å². The lowest BCUT2D eigenvalue weighted by atomic mass is 9.90. The number of epoxide rings is 1. The predicted octanol–water partition coefficient (Wildman–Crippen LogP) is 2.01. The predicted molar refractivity (Wildman–Crippen MR) is 55.6 cm³/mol. The van der Waals surface area contributed by atoms with Gasteiger partial charge in [-0.15, -0.1) is 0 Å². The highest BCUT2D eigenvalue weighted by molar-refractivity contribution is 5.85. The molecule has 3 nitrogen and oxygen atoms in total. The van der Waals surface area contributed by atoms with Gasteiger partial charge in [0.15, 0.2) is 6.10 Å².